The first-order valence-corrected chi connectivity index (χ1v) is 5.07. The predicted molar refractivity (Wildman–Crippen MR) is 65.1 cm³/mol. The summed E-state index contributed by atoms with van der Waals surface area (Å²) in [5, 5.41) is 3.14. The second-order valence-corrected chi connectivity index (χ2v) is 3.63. The number of rotatable bonds is 5. The van der Waals surface area contributed by atoms with Crippen molar-refractivity contribution in [2.45, 2.75) is 13.0 Å². The number of nitrogens with one attached hydrogen (secondary N) is 1. The smallest absolute Gasteiger partial charge is 0.136 e. The molecule has 0 saturated heterocycles. The second-order valence-electron chi connectivity index (χ2n) is 3.19. The molecule has 0 aliphatic rings. The van der Waals surface area contributed by atoms with E-state index in [1.54, 1.807) is 19.4 Å². The molecule has 1 unspecified atom stereocenters. The quantitative estimate of drug-likeness (QED) is 0.736. The van der Waals surface area contributed by atoms with Gasteiger partial charge in [-0.1, -0.05) is 12.2 Å². The van der Waals surface area contributed by atoms with E-state index in [0.29, 0.717) is 17.4 Å². The van der Waals surface area contributed by atoms with E-state index in [1.807, 2.05) is 13.0 Å². The van der Waals surface area contributed by atoms with Crippen LogP contribution in [0.5, 0.6) is 0 Å². The summed E-state index contributed by atoms with van der Waals surface area (Å²) in [5.41, 5.74) is 6.33. The van der Waals surface area contributed by atoms with Crippen LogP contribution in [0.3, 0.4) is 0 Å². The van der Waals surface area contributed by atoms with Crippen molar-refractivity contribution < 1.29 is 4.74 Å². The Morgan fingerprint density at radius 2 is 2.47 bits per heavy atom. The fourth-order valence-corrected chi connectivity index (χ4v) is 1.23. The highest BCUT2D eigenvalue weighted by atomic mass is 32.1. The highest BCUT2D eigenvalue weighted by Gasteiger charge is 2.06. The summed E-state index contributed by atoms with van der Waals surface area (Å²) in [7, 11) is 1.67. The minimum atomic E-state index is 0.117. The lowest BCUT2D eigenvalue weighted by molar-refractivity contribution is 0.128. The fourth-order valence-electron chi connectivity index (χ4n) is 1.07. The van der Waals surface area contributed by atoms with Gasteiger partial charge in [-0.3, -0.25) is 0 Å². The Labute approximate surface area is 94.8 Å². The van der Waals surface area contributed by atoms with E-state index in [4.69, 9.17) is 22.7 Å². The van der Waals surface area contributed by atoms with Crippen LogP contribution in [0.25, 0.3) is 0 Å². The van der Waals surface area contributed by atoms with Crippen molar-refractivity contribution in [1.29, 1.82) is 0 Å². The first kappa shape index (κ1) is 11.9. The van der Waals surface area contributed by atoms with Crippen molar-refractivity contribution >= 4 is 23.0 Å². The highest BCUT2D eigenvalue weighted by Crippen LogP contribution is 2.10. The molecule has 0 aliphatic carbocycles. The lowest BCUT2D eigenvalue weighted by atomic mass is 10.2. The molecule has 0 bridgehead atoms. The average Bonchev–Trinajstić information content (AvgIpc) is 2.26. The number of nitrogens with zero attached hydrogens (tertiary/aromatic N) is 1. The Kier molecular flexibility index (Phi) is 4.45. The first-order valence-electron chi connectivity index (χ1n) is 4.66. The molecular formula is C10H15N3OS. The molecule has 1 aromatic heterocycles. The maximum atomic E-state index is 5.57. The number of thiocarbonyl (C=S) groups is 1. The van der Waals surface area contributed by atoms with Gasteiger partial charge in [0.2, 0.25) is 0 Å². The van der Waals surface area contributed by atoms with Crippen LogP contribution in [0.1, 0.15) is 12.5 Å². The van der Waals surface area contributed by atoms with Crippen LogP contribution in [0.4, 0.5) is 5.82 Å². The third-order valence-electron chi connectivity index (χ3n) is 2.03. The monoisotopic (exact) mass is 225 g/mol. The molecule has 0 spiro atoms. The van der Waals surface area contributed by atoms with Crippen LogP contribution < -0.4 is 11.1 Å². The summed E-state index contributed by atoms with van der Waals surface area (Å²) in [6, 6.07) is 3.65. The molecule has 4 nitrogen and oxygen atoms in total. The zero-order valence-corrected chi connectivity index (χ0v) is 9.67. The van der Waals surface area contributed by atoms with Gasteiger partial charge < -0.3 is 15.8 Å². The van der Waals surface area contributed by atoms with Gasteiger partial charge in [0.1, 0.15) is 10.8 Å². The summed E-state index contributed by atoms with van der Waals surface area (Å²) in [4.78, 5) is 4.52. The molecule has 1 aromatic rings. The molecule has 0 radical (unpaired) electrons. The number of hydrogen-bond acceptors (Lipinski definition) is 4. The number of anilines is 1. The molecule has 0 aliphatic heterocycles. The van der Waals surface area contributed by atoms with E-state index >= 15 is 0 Å². The number of pyridine rings is 1. The third-order valence-corrected chi connectivity index (χ3v) is 2.25. The number of methoxy groups -OCH3 is 1. The topological polar surface area (TPSA) is 60.2 Å². The predicted octanol–water partition coefficient (Wildman–Crippen LogP) is 1.16. The van der Waals surface area contributed by atoms with Gasteiger partial charge in [-0.25, -0.2) is 4.98 Å². The molecule has 82 valence electrons. The molecule has 1 rings (SSSR count). The van der Waals surface area contributed by atoms with E-state index < -0.39 is 0 Å². The molecule has 3 N–H and O–H groups in total. The van der Waals surface area contributed by atoms with Gasteiger partial charge in [0.15, 0.2) is 0 Å². The normalized spacial score (nSPS) is 12.1. The largest absolute Gasteiger partial charge is 0.389 e. The molecule has 15 heavy (non-hydrogen) atoms. The van der Waals surface area contributed by atoms with Gasteiger partial charge in [-0.15, -0.1) is 0 Å². The fraction of sp³-hybridized carbons (Fsp3) is 0.400. The summed E-state index contributed by atoms with van der Waals surface area (Å²) in [6.07, 6.45) is 1.81. The van der Waals surface area contributed by atoms with Crippen LogP contribution in [0, 0.1) is 0 Å². The molecule has 5 heteroatoms. The molecule has 0 saturated carbocycles. The van der Waals surface area contributed by atoms with E-state index in [-0.39, 0.29) is 6.10 Å². The van der Waals surface area contributed by atoms with Crippen molar-refractivity contribution in [3.8, 4) is 0 Å². The van der Waals surface area contributed by atoms with Crippen molar-refractivity contribution in [3.05, 3.63) is 23.9 Å². The number of hydrogen-bond donors (Lipinski definition) is 2. The average molecular weight is 225 g/mol. The van der Waals surface area contributed by atoms with Gasteiger partial charge in [0, 0.05) is 19.9 Å². The van der Waals surface area contributed by atoms with Crippen LogP contribution in [0.15, 0.2) is 18.3 Å². The molecule has 1 heterocycles. The summed E-state index contributed by atoms with van der Waals surface area (Å²) in [6.45, 7) is 2.64. The zero-order valence-electron chi connectivity index (χ0n) is 8.86. The van der Waals surface area contributed by atoms with Gasteiger partial charge in [-0.2, -0.15) is 0 Å². The van der Waals surface area contributed by atoms with Gasteiger partial charge in [0.25, 0.3) is 0 Å². The number of nitrogens with two attached hydrogens (primary N) is 1. The highest BCUT2D eigenvalue weighted by molar-refractivity contribution is 7.80. The summed E-state index contributed by atoms with van der Waals surface area (Å²) < 4.78 is 5.12. The summed E-state index contributed by atoms with van der Waals surface area (Å²) in [5.74, 6) is 0.703. The van der Waals surface area contributed by atoms with Gasteiger partial charge >= 0.3 is 0 Å². The maximum absolute atomic E-state index is 5.57. The SMILES string of the molecule is COC(C)CNc1ncccc1C(N)=S. The van der Waals surface area contributed by atoms with Gasteiger partial charge in [0.05, 0.1) is 11.7 Å². The van der Waals surface area contributed by atoms with Crippen molar-refractivity contribution in [3.63, 3.8) is 0 Å². The molecule has 0 fully saturated rings. The number of ether oxygens (including phenoxy) is 1. The molecule has 1 atom stereocenters. The Bertz CT molecular complexity index is 343. The minimum Gasteiger partial charge on any atom is -0.389 e. The summed E-state index contributed by atoms with van der Waals surface area (Å²) >= 11 is 4.92. The van der Waals surface area contributed by atoms with E-state index in [2.05, 4.69) is 10.3 Å². The standard InChI is InChI=1S/C10H15N3OS/c1-7(14-2)6-13-10-8(9(11)15)4-3-5-12-10/h3-5,7H,6H2,1-2H3,(H2,11,15)(H,12,13). The molecule has 0 aromatic carbocycles. The third kappa shape index (κ3) is 3.45. The maximum Gasteiger partial charge on any atom is 0.136 e. The van der Waals surface area contributed by atoms with Crippen LogP contribution in [-0.4, -0.2) is 29.7 Å². The minimum absolute atomic E-state index is 0.117. The van der Waals surface area contributed by atoms with Crippen molar-refractivity contribution in [1.82, 2.24) is 4.98 Å². The molecular weight excluding hydrogens is 210 g/mol. The van der Waals surface area contributed by atoms with Crippen molar-refractivity contribution in [2.24, 2.45) is 5.73 Å². The Morgan fingerprint density at radius 3 is 3.07 bits per heavy atom. The Hall–Kier alpha value is -1.20. The lowest BCUT2D eigenvalue weighted by Gasteiger charge is -2.13. The molecule has 0 amide bonds. The van der Waals surface area contributed by atoms with E-state index in [1.165, 1.54) is 0 Å². The lowest BCUT2D eigenvalue weighted by Crippen LogP contribution is -2.21. The van der Waals surface area contributed by atoms with Crippen LogP contribution >= 0.6 is 12.2 Å². The van der Waals surface area contributed by atoms with E-state index in [0.717, 1.165) is 5.56 Å². The van der Waals surface area contributed by atoms with Crippen molar-refractivity contribution in [2.75, 3.05) is 19.0 Å². The zero-order chi connectivity index (χ0) is 11.3. The first-order chi connectivity index (χ1) is 7.15. The Morgan fingerprint density at radius 1 is 1.73 bits per heavy atom. The van der Waals surface area contributed by atoms with E-state index in [9.17, 15) is 0 Å². The van der Waals surface area contributed by atoms with Crippen LogP contribution in [0.2, 0.25) is 0 Å². The van der Waals surface area contributed by atoms with Gasteiger partial charge in [-0.05, 0) is 19.1 Å². The Balaban J connectivity index is 2.72. The number of aromatic nitrogens is 1. The second kappa shape index (κ2) is 5.63. The van der Waals surface area contributed by atoms with Crippen LogP contribution in [-0.2, 0) is 4.74 Å².